The number of hydrogen-bond donors (Lipinski definition) is 2. The molecule has 2 atom stereocenters. The van der Waals surface area contributed by atoms with Crippen LogP contribution in [0.25, 0.3) is 0 Å². The minimum Gasteiger partial charge on any atom is -0.396 e. The maximum atomic E-state index is 12.1. The number of hydrogen-bond acceptors (Lipinski definition) is 4. The maximum absolute atomic E-state index is 12.1. The van der Waals surface area contributed by atoms with Crippen LogP contribution in [0.3, 0.4) is 0 Å². The molecule has 0 saturated carbocycles. The van der Waals surface area contributed by atoms with Gasteiger partial charge in [0.25, 0.3) is 11.6 Å². The SMILES string of the molecule is Cc1ccc([N+](=O)[O-])cc1C(=O)NC(C)C(C)CO. The lowest BCUT2D eigenvalue weighted by Gasteiger charge is -2.19. The highest BCUT2D eigenvalue weighted by atomic mass is 16.6. The molecule has 0 aliphatic heterocycles. The minimum atomic E-state index is -0.532. The van der Waals surface area contributed by atoms with Crippen molar-refractivity contribution in [2.24, 2.45) is 5.92 Å². The summed E-state index contributed by atoms with van der Waals surface area (Å²) in [5.41, 5.74) is 0.844. The molecule has 6 heteroatoms. The number of nitro benzene ring substituents is 1. The summed E-state index contributed by atoms with van der Waals surface area (Å²) in [6.45, 7) is 5.28. The van der Waals surface area contributed by atoms with Gasteiger partial charge in [-0.2, -0.15) is 0 Å². The molecule has 0 aliphatic rings. The van der Waals surface area contributed by atoms with Gasteiger partial charge in [0.05, 0.1) is 4.92 Å². The van der Waals surface area contributed by atoms with E-state index in [1.165, 1.54) is 12.1 Å². The van der Waals surface area contributed by atoms with Gasteiger partial charge >= 0.3 is 0 Å². The second-order valence-corrected chi connectivity index (χ2v) is 4.68. The van der Waals surface area contributed by atoms with Crippen LogP contribution >= 0.6 is 0 Å². The average Bonchev–Trinajstić information content (AvgIpc) is 2.37. The van der Waals surface area contributed by atoms with Crippen molar-refractivity contribution in [2.75, 3.05) is 6.61 Å². The van der Waals surface area contributed by atoms with Crippen molar-refractivity contribution in [3.63, 3.8) is 0 Å². The van der Waals surface area contributed by atoms with E-state index in [1.54, 1.807) is 19.9 Å². The summed E-state index contributed by atoms with van der Waals surface area (Å²) in [4.78, 5) is 22.2. The van der Waals surface area contributed by atoms with Crippen molar-refractivity contribution in [3.8, 4) is 0 Å². The van der Waals surface area contributed by atoms with Crippen molar-refractivity contribution in [1.82, 2.24) is 5.32 Å². The quantitative estimate of drug-likeness (QED) is 0.626. The van der Waals surface area contributed by atoms with E-state index in [9.17, 15) is 14.9 Å². The van der Waals surface area contributed by atoms with E-state index in [0.29, 0.717) is 5.56 Å². The third-order valence-electron chi connectivity index (χ3n) is 3.18. The van der Waals surface area contributed by atoms with Crippen molar-refractivity contribution in [1.29, 1.82) is 0 Å². The number of aliphatic hydroxyl groups excluding tert-OH is 1. The molecule has 0 spiro atoms. The van der Waals surface area contributed by atoms with E-state index >= 15 is 0 Å². The lowest BCUT2D eigenvalue weighted by Crippen LogP contribution is -2.38. The van der Waals surface area contributed by atoms with Gasteiger partial charge in [-0.3, -0.25) is 14.9 Å². The summed E-state index contributed by atoms with van der Waals surface area (Å²) < 4.78 is 0. The molecule has 0 fully saturated rings. The van der Waals surface area contributed by atoms with Gasteiger partial charge in [-0.15, -0.1) is 0 Å². The Morgan fingerprint density at radius 3 is 2.63 bits per heavy atom. The Morgan fingerprint density at radius 1 is 1.47 bits per heavy atom. The minimum absolute atomic E-state index is 0.0324. The summed E-state index contributed by atoms with van der Waals surface area (Å²) >= 11 is 0. The van der Waals surface area contributed by atoms with E-state index in [4.69, 9.17) is 5.11 Å². The number of rotatable bonds is 5. The van der Waals surface area contributed by atoms with Crippen LogP contribution < -0.4 is 5.32 Å². The fourth-order valence-corrected chi connectivity index (χ4v) is 1.55. The molecule has 0 aromatic heterocycles. The van der Waals surface area contributed by atoms with Crippen LogP contribution in [0.1, 0.15) is 29.8 Å². The Labute approximate surface area is 111 Å². The molecular weight excluding hydrogens is 248 g/mol. The summed E-state index contributed by atoms with van der Waals surface area (Å²) in [6, 6.07) is 3.97. The monoisotopic (exact) mass is 266 g/mol. The van der Waals surface area contributed by atoms with E-state index < -0.39 is 4.92 Å². The van der Waals surface area contributed by atoms with Gasteiger partial charge in [-0.25, -0.2) is 0 Å². The maximum Gasteiger partial charge on any atom is 0.270 e. The van der Waals surface area contributed by atoms with Crippen LogP contribution in [0.4, 0.5) is 5.69 Å². The topological polar surface area (TPSA) is 92.5 Å². The summed E-state index contributed by atoms with van der Waals surface area (Å²) in [7, 11) is 0. The van der Waals surface area contributed by atoms with E-state index in [2.05, 4.69) is 5.32 Å². The number of non-ortho nitro benzene ring substituents is 1. The number of carbonyl (C=O) groups excluding carboxylic acids is 1. The second-order valence-electron chi connectivity index (χ2n) is 4.68. The molecule has 2 unspecified atom stereocenters. The molecule has 0 saturated heterocycles. The molecule has 6 nitrogen and oxygen atoms in total. The number of nitrogens with one attached hydrogen (secondary N) is 1. The van der Waals surface area contributed by atoms with Crippen molar-refractivity contribution in [3.05, 3.63) is 39.4 Å². The number of carbonyl (C=O) groups is 1. The third-order valence-corrected chi connectivity index (χ3v) is 3.18. The van der Waals surface area contributed by atoms with Crippen LogP contribution in [0.15, 0.2) is 18.2 Å². The smallest absolute Gasteiger partial charge is 0.270 e. The van der Waals surface area contributed by atoms with E-state index in [0.717, 1.165) is 0 Å². The van der Waals surface area contributed by atoms with Gasteiger partial charge in [0.15, 0.2) is 0 Å². The Kier molecular flexibility index (Phi) is 5.00. The number of aryl methyl sites for hydroxylation is 1. The lowest BCUT2D eigenvalue weighted by molar-refractivity contribution is -0.384. The van der Waals surface area contributed by atoms with Gasteiger partial charge in [0, 0.05) is 30.3 Å². The van der Waals surface area contributed by atoms with Crippen LogP contribution in [0.2, 0.25) is 0 Å². The standard InChI is InChI=1S/C13H18N2O4/c1-8-4-5-11(15(18)19)6-12(8)13(17)14-10(3)9(2)7-16/h4-6,9-10,16H,7H2,1-3H3,(H,14,17). The molecule has 1 rings (SSSR count). The normalized spacial score (nSPS) is 13.7. The molecular formula is C13H18N2O4. The van der Waals surface area contributed by atoms with Crippen molar-refractivity contribution in [2.45, 2.75) is 26.8 Å². The molecule has 1 aromatic rings. The van der Waals surface area contributed by atoms with E-state index in [1.807, 2.05) is 6.92 Å². The molecule has 0 aliphatic carbocycles. The molecule has 0 heterocycles. The highest BCUT2D eigenvalue weighted by Gasteiger charge is 2.18. The summed E-state index contributed by atoms with van der Waals surface area (Å²) in [5.74, 6) is -0.447. The first-order valence-electron chi connectivity index (χ1n) is 6.03. The Balaban J connectivity index is 2.93. The van der Waals surface area contributed by atoms with Gasteiger partial charge in [0.1, 0.15) is 0 Å². The molecule has 1 aromatic carbocycles. The van der Waals surface area contributed by atoms with Gasteiger partial charge in [-0.05, 0) is 25.3 Å². The molecule has 0 bridgehead atoms. The zero-order valence-electron chi connectivity index (χ0n) is 11.2. The Bertz CT molecular complexity index is 488. The summed E-state index contributed by atoms with van der Waals surface area (Å²) in [5, 5.41) is 22.5. The second kappa shape index (κ2) is 6.29. The number of aliphatic hydroxyl groups is 1. The number of benzene rings is 1. The largest absolute Gasteiger partial charge is 0.396 e. The summed E-state index contributed by atoms with van der Waals surface area (Å²) in [6.07, 6.45) is 0. The van der Waals surface area contributed by atoms with Crippen LogP contribution in [-0.2, 0) is 0 Å². The van der Waals surface area contributed by atoms with Crippen LogP contribution in [-0.4, -0.2) is 28.6 Å². The predicted molar refractivity (Wildman–Crippen MR) is 71.0 cm³/mol. The molecule has 0 radical (unpaired) electrons. The van der Waals surface area contributed by atoms with Gasteiger partial charge in [0.2, 0.25) is 0 Å². The first-order valence-corrected chi connectivity index (χ1v) is 6.03. The fourth-order valence-electron chi connectivity index (χ4n) is 1.55. The molecule has 19 heavy (non-hydrogen) atoms. The third kappa shape index (κ3) is 3.75. The number of nitrogens with zero attached hydrogens (tertiary/aromatic N) is 1. The fraction of sp³-hybridized carbons (Fsp3) is 0.462. The lowest BCUT2D eigenvalue weighted by atomic mass is 10.0. The number of nitro groups is 1. The van der Waals surface area contributed by atoms with E-state index in [-0.39, 0.29) is 35.7 Å². The first-order chi connectivity index (χ1) is 8.86. The highest BCUT2D eigenvalue weighted by molar-refractivity contribution is 5.96. The van der Waals surface area contributed by atoms with Crippen LogP contribution in [0.5, 0.6) is 0 Å². The van der Waals surface area contributed by atoms with Gasteiger partial charge < -0.3 is 10.4 Å². The average molecular weight is 266 g/mol. The predicted octanol–water partition coefficient (Wildman–Crippen LogP) is 1.65. The Hall–Kier alpha value is -1.95. The van der Waals surface area contributed by atoms with Crippen molar-refractivity contribution >= 4 is 11.6 Å². The molecule has 104 valence electrons. The highest BCUT2D eigenvalue weighted by Crippen LogP contribution is 2.17. The Morgan fingerprint density at radius 2 is 2.11 bits per heavy atom. The number of amides is 1. The van der Waals surface area contributed by atoms with Crippen molar-refractivity contribution < 1.29 is 14.8 Å². The molecule has 2 N–H and O–H groups in total. The molecule has 1 amide bonds. The van der Waals surface area contributed by atoms with Gasteiger partial charge in [-0.1, -0.05) is 13.0 Å². The zero-order valence-corrected chi connectivity index (χ0v) is 11.2. The van der Waals surface area contributed by atoms with Crippen LogP contribution in [0, 0.1) is 23.0 Å². The zero-order chi connectivity index (χ0) is 14.6. The first kappa shape index (κ1) is 15.1.